The van der Waals surface area contributed by atoms with Gasteiger partial charge in [0.2, 0.25) is 5.88 Å². The van der Waals surface area contributed by atoms with Crippen molar-refractivity contribution in [1.29, 1.82) is 0 Å². The molecule has 1 saturated heterocycles. The molecule has 10 heteroatoms. The molecule has 4 rings (SSSR count). The van der Waals surface area contributed by atoms with Crippen LogP contribution in [0.25, 0.3) is 11.7 Å². The van der Waals surface area contributed by atoms with Gasteiger partial charge in [-0.25, -0.2) is 0 Å². The molecule has 0 aliphatic carbocycles. The largest absolute Gasteiger partial charge is 0.481 e. The van der Waals surface area contributed by atoms with Crippen LogP contribution >= 0.6 is 24.0 Å². The average Bonchev–Trinajstić information content (AvgIpc) is 3.05. The molecule has 0 unspecified atom stereocenters. The van der Waals surface area contributed by atoms with E-state index in [1.165, 1.54) is 15.4 Å². The molecule has 0 bridgehead atoms. The van der Waals surface area contributed by atoms with E-state index < -0.39 is 17.4 Å². The highest BCUT2D eigenvalue weighted by molar-refractivity contribution is 8.26. The quantitative estimate of drug-likeness (QED) is 0.403. The molecule has 174 valence electrons. The van der Waals surface area contributed by atoms with Gasteiger partial charge in [0, 0.05) is 12.7 Å². The first-order valence-corrected chi connectivity index (χ1v) is 11.6. The molecule has 0 spiro atoms. The first-order chi connectivity index (χ1) is 16.2. The van der Waals surface area contributed by atoms with Crippen molar-refractivity contribution in [3.63, 3.8) is 0 Å². The molecule has 8 nitrogen and oxygen atoms in total. The normalized spacial score (nSPS) is 14.9. The third-order valence-electron chi connectivity index (χ3n) is 5.51. The first-order valence-electron chi connectivity index (χ1n) is 10.4. The number of ether oxygens (including phenoxy) is 1. The number of amides is 1. The van der Waals surface area contributed by atoms with Crippen LogP contribution in [0.3, 0.4) is 0 Å². The molecule has 3 aromatic rings. The monoisotopic (exact) mass is 495 g/mol. The number of thiocarbonyl (C=S) groups is 1. The number of rotatable bonds is 6. The van der Waals surface area contributed by atoms with Gasteiger partial charge in [-0.3, -0.25) is 23.7 Å². The number of benzene rings is 1. The van der Waals surface area contributed by atoms with Crippen molar-refractivity contribution in [1.82, 2.24) is 14.3 Å². The topological polar surface area (TPSA) is 101 Å². The average molecular weight is 496 g/mol. The van der Waals surface area contributed by atoms with Gasteiger partial charge in [0.05, 0.1) is 11.3 Å². The zero-order chi connectivity index (χ0) is 24.6. The summed E-state index contributed by atoms with van der Waals surface area (Å²) in [6.07, 6.45) is 2.79. The van der Waals surface area contributed by atoms with Gasteiger partial charge in [0.25, 0.3) is 11.5 Å². The predicted octanol–water partition coefficient (Wildman–Crippen LogP) is 4.09. The molecule has 1 N–H and O–H groups in total. The maximum atomic E-state index is 13.5. The van der Waals surface area contributed by atoms with Crippen LogP contribution in [0.2, 0.25) is 0 Å². The van der Waals surface area contributed by atoms with Crippen molar-refractivity contribution in [3.05, 3.63) is 74.0 Å². The molecule has 1 aliphatic heterocycles. The van der Waals surface area contributed by atoms with Crippen LogP contribution in [0.15, 0.2) is 46.2 Å². The fourth-order valence-corrected chi connectivity index (χ4v) is 4.75. The van der Waals surface area contributed by atoms with Crippen molar-refractivity contribution < 1.29 is 19.4 Å². The maximum Gasteiger partial charge on any atom is 0.305 e. The number of carboxylic acid groups (broad SMARTS) is 1. The summed E-state index contributed by atoms with van der Waals surface area (Å²) in [5.41, 5.74) is 2.86. The number of carbonyl (C=O) groups is 2. The summed E-state index contributed by atoms with van der Waals surface area (Å²) in [6, 6.07) is 9.18. The second-order valence-corrected chi connectivity index (χ2v) is 9.47. The smallest absolute Gasteiger partial charge is 0.305 e. The van der Waals surface area contributed by atoms with E-state index in [0.29, 0.717) is 11.4 Å². The van der Waals surface area contributed by atoms with Crippen LogP contribution in [0.1, 0.15) is 28.7 Å². The highest BCUT2D eigenvalue weighted by atomic mass is 32.2. The van der Waals surface area contributed by atoms with Crippen LogP contribution in [0, 0.1) is 20.8 Å². The summed E-state index contributed by atoms with van der Waals surface area (Å²) >= 11 is 6.27. The van der Waals surface area contributed by atoms with Crippen molar-refractivity contribution in [2.24, 2.45) is 0 Å². The van der Waals surface area contributed by atoms with E-state index in [-0.39, 0.29) is 33.6 Å². The van der Waals surface area contributed by atoms with Gasteiger partial charge in [-0.1, -0.05) is 42.2 Å². The van der Waals surface area contributed by atoms with Gasteiger partial charge in [-0.2, -0.15) is 4.98 Å². The van der Waals surface area contributed by atoms with Crippen molar-refractivity contribution >= 4 is 51.9 Å². The number of carbonyl (C=O) groups excluding carboxylic acids is 1. The Balaban J connectivity index is 1.85. The molecule has 3 heterocycles. The van der Waals surface area contributed by atoms with Gasteiger partial charge in [0.1, 0.15) is 21.3 Å². The minimum Gasteiger partial charge on any atom is -0.481 e. The van der Waals surface area contributed by atoms with Gasteiger partial charge >= 0.3 is 5.97 Å². The SMILES string of the molecule is Cc1cccc(Oc2nc3c(C)cccn3c(=O)c2/C=C2/SC(=S)N(CCC(=O)O)C2=O)c1C. The molecule has 1 aliphatic rings. The molecule has 1 fully saturated rings. The van der Waals surface area contributed by atoms with Crippen molar-refractivity contribution in [3.8, 4) is 11.6 Å². The summed E-state index contributed by atoms with van der Waals surface area (Å²) in [4.78, 5) is 43.4. The Bertz CT molecular complexity index is 1440. The number of carboxylic acids is 1. The van der Waals surface area contributed by atoms with Crippen LogP contribution in [-0.2, 0) is 9.59 Å². The molecule has 1 amide bonds. The summed E-state index contributed by atoms with van der Waals surface area (Å²) in [6.45, 7) is 5.67. The Labute approximate surface area is 204 Å². The molecule has 1 aromatic carbocycles. The summed E-state index contributed by atoms with van der Waals surface area (Å²) in [5, 5.41) is 8.95. The third-order valence-corrected chi connectivity index (χ3v) is 6.89. The fourth-order valence-electron chi connectivity index (χ4n) is 3.46. The van der Waals surface area contributed by atoms with Crippen LogP contribution in [-0.4, -0.2) is 42.1 Å². The second kappa shape index (κ2) is 9.40. The minimum atomic E-state index is -1.03. The number of aliphatic carboxylic acids is 1. The van der Waals surface area contributed by atoms with E-state index in [9.17, 15) is 14.4 Å². The Morgan fingerprint density at radius 1 is 1.18 bits per heavy atom. The Morgan fingerprint density at radius 2 is 1.91 bits per heavy atom. The number of aryl methyl sites for hydroxylation is 2. The molecule has 34 heavy (non-hydrogen) atoms. The first kappa shape index (κ1) is 23.7. The second-order valence-electron chi connectivity index (χ2n) is 7.80. The van der Waals surface area contributed by atoms with E-state index in [2.05, 4.69) is 4.98 Å². The van der Waals surface area contributed by atoms with Crippen LogP contribution in [0.4, 0.5) is 0 Å². The van der Waals surface area contributed by atoms with Crippen molar-refractivity contribution in [2.75, 3.05) is 6.54 Å². The number of aromatic nitrogens is 2. The maximum absolute atomic E-state index is 13.5. The molecule has 0 radical (unpaired) electrons. The van der Waals surface area contributed by atoms with E-state index >= 15 is 0 Å². The van der Waals surface area contributed by atoms with Gasteiger partial charge in [-0.05, 0) is 55.7 Å². The Morgan fingerprint density at radius 3 is 2.65 bits per heavy atom. The lowest BCUT2D eigenvalue weighted by Crippen LogP contribution is -2.30. The van der Waals surface area contributed by atoms with E-state index in [1.54, 1.807) is 18.3 Å². The van der Waals surface area contributed by atoms with Crippen molar-refractivity contribution in [2.45, 2.75) is 27.2 Å². The lowest BCUT2D eigenvalue weighted by atomic mass is 10.1. The zero-order valence-corrected chi connectivity index (χ0v) is 20.3. The molecule has 0 saturated carbocycles. The zero-order valence-electron chi connectivity index (χ0n) is 18.7. The lowest BCUT2D eigenvalue weighted by molar-refractivity contribution is -0.137. The number of pyridine rings is 1. The molecular formula is C24H21N3O5S2. The van der Waals surface area contributed by atoms with Crippen LogP contribution in [0.5, 0.6) is 11.6 Å². The molecule has 2 aromatic heterocycles. The number of thioether (sulfide) groups is 1. The summed E-state index contributed by atoms with van der Waals surface area (Å²) in [7, 11) is 0. The highest BCUT2D eigenvalue weighted by Crippen LogP contribution is 2.35. The van der Waals surface area contributed by atoms with Gasteiger partial charge < -0.3 is 9.84 Å². The number of hydrogen-bond acceptors (Lipinski definition) is 7. The summed E-state index contributed by atoms with van der Waals surface area (Å²) < 4.78 is 7.77. The van der Waals surface area contributed by atoms with Gasteiger partial charge in [0.15, 0.2) is 0 Å². The third kappa shape index (κ3) is 4.46. The Hall–Kier alpha value is -3.50. The minimum absolute atomic E-state index is 0.0443. The van der Waals surface area contributed by atoms with E-state index in [1.807, 2.05) is 39.0 Å². The Kier molecular flexibility index (Phi) is 6.54. The molecular weight excluding hydrogens is 474 g/mol. The standard InChI is InChI=1S/C24H21N3O5S2/c1-13-6-4-8-17(15(13)3)32-21-16(22(30)26-10-5-7-14(2)20(26)25-21)12-18-23(31)27(24(33)34-18)11-9-19(28)29/h4-8,10,12H,9,11H2,1-3H3,(H,28,29)/b18-12+. The number of hydrogen-bond donors (Lipinski definition) is 1. The number of fused-ring (bicyclic) bond motifs is 1. The van der Waals surface area contributed by atoms with E-state index in [0.717, 1.165) is 28.5 Å². The highest BCUT2D eigenvalue weighted by Gasteiger charge is 2.33. The predicted molar refractivity (Wildman–Crippen MR) is 134 cm³/mol. The fraction of sp³-hybridized carbons (Fsp3) is 0.208. The van der Waals surface area contributed by atoms with Gasteiger partial charge in [-0.15, -0.1) is 0 Å². The lowest BCUT2D eigenvalue weighted by Gasteiger charge is -2.14. The summed E-state index contributed by atoms with van der Waals surface area (Å²) in [5.74, 6) is -0.866. The van der Waals surface area contributed by atoms with Crippen LogP contribution < -0.4 is 10.3 Å². The molecule has 0 atom stereocenters. The number of nitrogens with zero attached hydrogens (tertiary/aromatic N) is 3. The van der Waals surface area contributed by atoms with E-state index in [4.69, 9.17) is 22.1 Å².